The summed E-state index contributed by atoms with van der Waals surface area (Å²) in [6.07, 6.45) is -8.22. The topological polar surface area (TPSA) is 112 Å². The molecule has 2 N–H and O–H groups in total. The van der Waals surface area contributed by atoms with Gasteiger partial charge in [0.15, 0.2) is 5.82 Å². The minimum absolute atomic E-state index is 0.0339. The van der Waals surface area contributed by atoms with Crippen molar-refractivity contribution in [2.45, 2.75) is 12.4 Å². The second kappa shape index (κ2) is 8.82. The molecule has 0 saturated carbocycles. The Morgan fingerprint density at radius 3 is 1.94 bits per heavy atom. The van der Waals surface area contributed by atoms with E-state index in [1.807, 2.05) is 0 Å². The summed E-state index contributed by atoms with van der Waals surface area (Å²) in [6, 6.07) is 0.0384. The van der Waals surface area contributed by atoms with E-state index in [0.717, 1.165) is 22.1 Å². The smallest absolute Gasteiger partial charge is 0.395 e. The van der Waals surface area contributed by atoms with Gasteiger partial charge < -0.3 is 10.2 Å². The van der Waals surface area contributed by atoms with Crippen LogP contribution in [0.2, 0.25) is 0 Å². The number of β-amino-alcohol motifs (C(OH)–C–C–N with tert-alkyl or cyclic N) is 2. The average Bonchev–Trinajstić information content (AvgIpc) is 3.28. The van der Waals surface area contributed by atoms with Gasteiger partial charge in [-0.2, -0.15) is 26.3 Å². The molecule has 0 aliphatic carbocycles. The van der Waals surface area contributed by atoms with Crippen LogP contribution in [-0.2, 0) is 17.1 Å². The summed E-state index contributed by atoms with van der Waals surface area (Å²) in [6.45, 7) is -1.66. The number of alkyl halides is 6. The molecule has 1 aliphatic rings. The van der Waals surface area contributed by atoms with Crippen LogP contribution >= 0.6 is 0 Å². The third-order valence-corrected chi connectivity index (χ3v) is 4.47. The highest BCUT2D eigenvalue weighted by molar-refractivity contribution is 6.13. The summed E-state index contributed by atoms with van der Waals surface area (Å²) >= 11 is 0. The fraction of sp³-hybridized carbons (Fsp3) is 0.333. The predicted octanol–water partition coefficient (Wildman–Crippen LogP) is 2.03. The number of rotatable bonds is 6. The largest absolute Gasteiger partial charge is 0.416 e. The quantitative estimate of drug-likeness (QED) is 0.373. The molecule has 0 spiro atoms. The Hall–Kier alpha value is -3.46. The van der Waals surface area contributed by atoms with Crippen LogP contribution in [0, 0.1) is 0 Å². The number of benzene rings is 1. The summed E-state index contributed by atoms with van der Waals surface area (Å²) in [5.74, 6) is -1.35. The number of aliphatic hydroxyl groups excluding tert-OH is 2. The molecule has 1 fully saturated rings. The van der Waals surface area contributed by atoms with Gasteiger partial charge in [0.05, 0.1) is 43.6 Å². The molecule has 0 bridgehead atoms. The first-order chi connectivity index (χ1) is 15.4. The molecule has 33 heavy (non-hydrogen) atoms. The molecular formula is C18H15F6N5O4. The zero-order valence-corrected chi connectivity index (χ0v) is 16.4. The van der Waals surface area contributed by atoms with Gasteiger partial charge in [-0.3, -0.25) is 14.6 Å². The lowest BCUT2D eigenvalue weighted by Crippen LogP contribution is -2.35. The van der Waals surface area contributed by atoms with Gasteiger partial charge in [-0.15, -0.1) is 5.10 Å². The molecule has 1 aromatic heterocycles. The maximum Gasteiger partial charge on any atom is 0.416 e. The zero-order valence-electron chi connectivity index (χ0n) is 16.4. The third kappa shape index (κ3) is 4.98. The van der Waals surface area contributed by atoms with Gasteiger partial charge in [0.1, 0.15) is 12.0 Å². The lowest BCUT2D eigenvalue weighted by Gasteiger charge is -2.15. The third-order valence-electron chi connectivity index (χ3n) is 4.47. The number of amides is 3. The second-order valence-corrected chi connectivity index (χ2v) is 6.70. The van der Waals surface area contributed by atoms with E-state index in [0.29, 0.717) is 17.0 Å². The summed E-state index contributed by atoms with van der Waals surface area (Å²) in [5, 5.41) is 22.0. The van der Waals surface area contributed by atoms with E-state index in [1.54, 1.807) is 0 Å². The van der Waals surface area contributed by atoms with E-state index in [-0.39, 0.29) is 24.9 Å². The number of halogens is 6. The van der Waals surface area contributed by atoms with Crippen molar-refractivity contribution in [2.24, 2.45) is 0 Å². The Balaban J connectivity index is 2.02. The number of hydrogen-bond acceptors (Lipinski definition) is 6. The second-order valence-electron chi connectivity index (χ2n) is 6.70. The molecule has 1 aromatic carbocycles. The van der Waals surface area contributed by atoms with E-state index in [2.05, 4.69) is 10.1 Å². The van der Waals surface area contributed by atoms with Crippen LogP contribution in [0.15, 0.2) is 30.2 Å². The van der Waals surface area contributed by atoms with Gasteiger partial charge in [-0.25, -0.2) is 14.5 Å². The molecule has 0 unspecified atom stereocenters. The van der Waals surface area contributed by atoms with Crippen LogP contribution < -0.4 is 0 Å². The number of urea groups is 1. The molecule has 3 amide bonds. The monoisotopic (exact) mass is 479 g/mol. The Kier molecular flexibility index (Phi) is 6.46. The van der Waals surface area contributed by atoms with Crippen LogP contribution in [0.1, 0.15) is 11.1 Å². The maximum atomic E-state index is 13.1. The number of carbonyl (C=O) groups is 2. The standard InChI is InChI=1S/C18H15F6N5O4/c19-17(20,21)11-5-10(6-12(7-11)18(22,23)24)14-25-9-27(26-14)8-13-15(32)29(2-4-31)16(33)28(13)1-3-30/h5-9,30-31H,1-4H2. The molecule has 0 atom stereocenters. The predicted molar refractivity (Wildman–Crippen MR) is 97.7 cm³/mol. The highest BCUT2D eigenvalue weighted by Gasteiger charge is 2.41. The van der Waals surface area contributed by atoms with Crippen molar-refractivity contribution < 1.29 is 46.1 Å². The van der Waals surface area contributed by atoms with Crippen LogP contribution in [0.5, 0.6) is 0 Å². The van der Waals surface area contributed by atoms with Gasteiger partial charge in [0.25, 0.3) is 5.91 Å². The molecule has 2 heterocycles. The van der Waals surface area contributed by atoms with E-state index in [1.165, 1.54) is 0 Å². The van der Waals surface area contributed by atoms with Crippen LogP contribution in [-0.4, -0.2) is 73.0 Å². The lowest BCUT2D eigenvalue weighted by atomic mass is 10.0. The number of hydrogen-bond donors (Lipinski definition) is 2. The maximum absolute atomic E-state index is 13.1. The zero-order chi connectivity index (χ0) is 24.6. The fourth-order valence-electron chi connectivity index (χ4n) is 3.01. The molecule has 9 nitrogen and oxygen atoms in total. The molecule has 3 rings (SSSR count). The van der Waals surface area contributed by atoms with Gasteiger partial charge in [-0.05, 0) is 18.2 Å². The van der Waals surface area contributed by atoms with Crippen molar-refractivity contribution in [3.8, 4) is 11.4 Å². The van der Waals surface area contributed by atoms with Crippen molar-refractivity contribution in [2.75, 3.05) is 26.3 Å². The molecule has 15 heteroatoms. The number of imide groups is 1. The molecule has 2 aromatic rings. The van der Waals surface area contributed by atoms with E-state index in [4.69, 9.17) is 10.2 Å². The molecule has 1 aliphatic heterocycles. The Labute approximate surface area is 181 Å². The fourth-order valence-corrected chi connectivity index (χ4v) is 3.01. The highest BCUT2D eigenvalue weighted by atomic mass is 19.4. The molecule has 1 saturated heterocycles. The SMILES string of the molecule is O=C1C(=Cn2cnc(-c3cc(C(F)(F)F)cc(C(F)(F)F)c3)n2)N(CCO)C(=O)N1CCO. The summed E-state index contributed by atoms with van der Waals surface area (Å²) in [5.41, 5.74) is -3.96. The number of aliphatic hydroxyl groups is 2. The lowest BCUT2D eigenvalue weighted by molar-refractivity contribution is -0.143. The van der Waals surface area contributed by atoms with Crippen molar-refractivity contribution in [3.63, 3.8) is 0 Å². The minimum Gasteiger partial charge on any atom is -0.395 e. The molecule has 178 valence electrons. The van der Waals surface area contributed by atoms with Gasteiger partial charge in [0, 0.05) is 5.56 Å². The van der Waals surface area contributed by atoms with Crippen molar-refractivity contribution in [1.29, 1.82) is 0 Å². The van der Waals surface area contributed by atoms with Crippen LogP contribution in [0.25, 0.3) is 17.6 Å². The van der Waals surface area contributed by atoms with Crippen molar-refractivity contribution >= 4 is 18.1 Å². The highest BCUT2D eigenvalue weighted by Crippen LogP contribution is 2.38. The van der Waals surface area contributed by atoms with E-state index >= 15 is 0 Å². The first-order valence-corrected chi connectivity index (χ1v) is 9.14. The number of carbonyl (C=O) groups excluding carboxylic acids is 2. The summed E-state index contributed by atoms with van der Waals surface area (Å²) in [7, 11) is 0. The Bertz CT molecular complexity index is 1060. The Morgan fingerprint density at radius 2 is 1.42 bits per heavy atom. The molecular weight excluding hydrogens is 464 g/mol. The first-order valence-electron chi connectivity index (χ1n) is 9.14. The first kappa shape index (κ1) is 24.2. The number of aromatic nitrogens is 3. The van der Waals surface area contributed by atoms with Gasteiger partial charge in [0.2, 0.25) is 0 Å². The molecule has 0 radical (unpaired) electrons. The summed E-state index contributed by atoms with van der Waals surface area (Å²) in [4.78, 5) is 30.0. The van der Waals surface area contributed by atoms with Crippen LogP contribution in [0.4, 0.5) is 31.1 Å². The average molecular weight is 479 g/mol. The summed E-state index contributed by atoms with van der Waals surface area (Å²) < 4.78 is 79.3. The van der Waals surface area contributed by atoms with E-state index in [9.17, 15) is 35.9 Å². The van der Waals surface area contributed by atoms with E-state index < -0.39 is 60.0 Å². The normalized spacial score (nSPS) is 16.4. The van der Waals surface area contributed by atoms with Gasteiger partial charge in [-0.1, -0.05) is 0 Å². The number of nitrogens with zero attached hydrogens (tertiary/aromatic N) is 5. The Morgan fingerprint density at radius 1 is 0.879 bits per heavy atom. The van der Waals surface area contributed by atoms with Crippen LogP contribution in [0.3, 0.4) is 0 Å². The van der Waals surface area contributed by atoms with Crippen molar-refractivity contribution in [1.82, 2.24) is 24.6 Å². The van der Waals surface area contributed by atoms with Crippen molar-refractivity contribution in [3.05, 3.63) is 41.4 Å². The minimum atomic E-state index is -5.06. The van der Waals surface area contributed by atoms with Gasteiger partial charge >= 0.3 is 18.4 Å².